The molecule has 176 valence electrons. The molecule has 10 heteroatoms. The highest BCUT2D eigenvalue weighted by molar-refractivity contribution is 8.08. The van der Waals surface area contributed by atoms with Gasteiger partial charge < -0.3 is 8.92 Å². The molecule has 8 nitrogen and oxygen atoms in total. The zero-order valence-corrected chi connectivity index (χ0v) is 20.3. The maximum Gasteiger partial charge on any atom is 0.338 e. The number of benzene rings is 1. The van der Waals surface area contributed by atoms with Gasteiger partial charge in [-0.05, 0) is 55.4 Å². The molecule has 0 radical (unpaired) electrons. The van der Waals surface area contributed by atoms with Crippen molar-refractivity contribution in [2.75, 3.05) is 12.2 Å². The minimum atomic E-state index is -3.92. The van der Waals surface area contributed by atoms with Crippen LogP contribution < -0.4 is 4.18 Å². The van der Waals surface area contributed by atoms with Crippen molar-refractivity contribution in [3.05, 3.63) is 29.8 Å². The van der Waals surface area contributed by atoms with Crippen LogP contribution in [0.15, 0.2) is 24.3 Å². The summed E-state index contributed by atoms with van der Waals surface area (Å²) in [5.74, 6) is 0.905. The topological polar surface area (TPSA) is 97.4 Å². The van der Waals surface area contributed by atoms with E-state index in [0.29, 0.717) is 35.4 Å². The van der Waals surface area contributed by atoms with Crippen molar-refractivity contribution in [2.24, 2.45) is 17.8 Å². The van der Waals surface area contributed by atoms with Crippen molar-refractivity contribution >= 4 is 28.1 Å². The molecule has 1 aromatic carbocycles. The first kappa shape index (κ1) is 25.9. The van der Waals surface area contributed by atoms with Gasteiger partial charge in [0, 0.05) is 5.92 Å². The molecule has 0 heterocycles. The number of rotatable bonds is 11. The Bertz CT molecular complexity index is 809. The predicted molar refractivity (Wildman–Crippen MR) is 117 cm³/mol. The van der Waals surface area contributed by atoms with Gasteiger partial charge in [0.05, 0.1) is 24.7 Å². The van der Waals surface area contributed by atoms with Crippen LogP contribution in [0.25, 0.3) is 0 Å². The van der Waals surface area contributed by atoms with Crippen LogP contribution in [0.2, 0.25) is 0 Å². The molecule has 1 aromatic rings. The van der Waals surface area contributed by atoms with Gasteiger partial charge in [-0.3, -0.25) is 0 Å². The Labute approximate surface area is 189 Å². The van der Waals surface area contributed by atoms with Gasteiger partial charge in [0.2, 0.25) is 0 Å². The third-order valence-corrected chi connectivity index (χ3v) is 7.83. The van der Waals surface area contributed by atoms with Crippen LogP contribution in [0, 0.1) is 17.8 Å². The van der Waals surface area contributed by atoms with E-state index in [1.54, 1.807) is 0 Å². The number of ether oxygens (including phenoxy) is 1. The lowest BCUT2D eigenvalue weighted by atomic mass is 9.66. The molecule has 0 bridgehead atoms. The van der Waals surface area contributed by atoms with E-state index in [-0.39, 0.29) is 5.75 Å². The summed E-state index contributed by atoms with van der Waals surface area (Å²) < 4.78 is 39.4. The van der Waals surface area contributed by atoms with E-state index in [0.717, 1.165) is 25.7 Å². The van der Waals surface area contributed by atoms with E-state index >= 15 is 0 Å². The van der Waals surface area contributed by atoms with E-state index < -0.39 is 26.8 Å². The van der Waals surface area contributed by atoms with Gasteiger partial charge in [-0.2, -0.15) is 8.42 Å². The summed E-state index contributed by atoms with van der Waals surface area (Å²) in [5.41, 5.74) is -0.132. The van der Waals surface area contributed by atoms with Gasteiger partial charge in [-0.25, -0.2) is 9.68 Å². The number of hydrogen-bond acceptors (Lipinski definition) is 9. The third-order valence-electron chi connectivity index (χ3n) is 5.69. The second-order valence-corrected chi connectivity index (χ2v) is 10.8. The molecule has 0 aromatic heterocycles. The van der Waals surface area contributed by atoms with E-state index in [4.69, 9.17) is 8.92 Å². The quantitative estimate of drug-likeness (QED) is 0.110. The van der Waals surface area contributed by atoms with Crippen LogP contribution in [0.4, 0.5) is 0 Å². The second-order valence-electron chi connectivity index (χ2n) is 8.25. The molecule has 1 aliphatic rings. The van der Waals surface area contributed by atoms with E-state index in [1.165, 1.54) is 31.4 Å². The molecule has 3 atom stereocenters. The summed E-state index contributed by atoms with van der Waals surface area (Å²) in [7, 11) is -2.70. The zero-order chi connectivity index (χ0) is 23.1. The normalized spacial score (nSPS) is 24.2. The SMILES string of the molecule is CCC1(OC(=O)c2ccc(OS(=O)(=O)CSOOOC)cc2)CC(C)CCC1C(C)C. The molecule has 0 saturated heterocycles. The summed E-state index contributed by atoms with van der Waals surface area (Å²) in [6, 6.07) is 5.86. The molecule has 0 N–H and O–H groups in total. The van der Waals surface area contributed by atoms with Crippen molar-refractivity contribution in [1.82, 2.24) is 0 Å². The van der Waals surface area contributed by atoms with Crippen LogP contribution in [-0.4, -0.2) is 32.2 Å². The van der Waals surface area contributed by atoms with E-state index in [1.807, 2.05) is 0 Å². The molecule has 1 fully saturated rings. The summed E-state index contributed by atoms with van der Waals surface area (Å²) >= 11 is 0.502. The second kappa shape index (κ2) is 11.5. The van der Waals surface area contributed by atoms with Gasteiger partial charge >= 0.3 is 16.1 Å². The smallest absolute Gasteiger partial charge is 0.338 e. The highest BCUT2D eigenvalue weighted by Crippen LogP contribution is 2.45. The zero-order valence-electron chi connectivity index (χ0n) is 18.7. The van der Waals surface area contributed by atoms with Crippen LogP contribution in [0.5, 0.6) is 5.75 Å². The van der Waals surface area contributed by atoms with Crippen LogP contribution >= 0.6 is 12.0 Å². The average Bonchev–Trinajstić information content (AvgIpc) is 2.71. The Morgan fingerprint density at radius 2 is 1.90 bits per heavy atom. The highest BCUT2D eigenvalue weighted by atomic mass is 32.3. The maximum atomic E-state index is 12.9. The molecular weight excluding hydrogens is 444 g/mol. The van der Waals surface area contributed by atoms with Crippen molar-refractivity contribution < 1.29 is 36.4 Å². The Kier molecular flexibility index (Phi) is 9.63. The van der Waals surface area contributed by atoms with E-state index in [9.17, 15) is 13.2 Å². The lowest BCUT2D eigenvalue weighted by Gasteiger charge is -2.47. The first-order valence-electron chi connectivity index (χ1n) is 10.4. The molecule has 0 spiro atoms. The lowest BCUT2D eigenvalue weighted by Crippen LogP contribution is -2.48. The fourth-order valence-corrected chi connectivity index (χ4v) is 5.61. The molecule has 1 aliphatic carbocycles. The molecule has 31 heavy (non-hydrogen) atoms. The third kappa shape index (κ3) is 7.35. The number of hydrogen-bond donors (Lipinski definition) is 0. The number of esters is 1. The van der Waals surface area contributed by atoms with Gasteiger partial charge in [0.25, 0.3) is 0 Å². The van der Waals surface area contributed by atoms with Crippen LogP contribution in [0.3, 0.4) is 0 Å². The van der Waals surface area contributed by atoms with Crippen LogP contribution in [-0.2, 0) is 29.1 Å². The molecule has 1 saturated carbocycles. The van der Waals surface area contributed by atoms with Gasteiger partial charge in [0.15, 0.2) is 5.08 Å². The van der Waals surface area contributed by atoms with Gasteiger partial charge in [0.1, 0.15) is 11.4 Å². The van der Waals surface area contributed by atoms with Crippen molar-refractivity contribution in [2.45, 2.75) is 59.0 Å². The highest BCUT2D eigenvalue weighted by Gasteiger charge is 2.46. The molecule has 0 aliphatic heterocycles. The fourth-order valence-electron chi connectivity index (χ4n) is 4.29. The summed E-state index contributed by atoms with van der Waals surface area (Å²) in [5, 5.41) is 3.62. The number of carbonyl (C=O) groups is 1. The minimum absolute atomic E-state index is 0.0846. The molecular formula is C21H32O8S2. The predicted octanol–water partition coefficient (Wildman–Crippen LogP) is 4.91. The lowest BCUT2D eigenvalue weighted by molar-refractivity contribution is -0.447. The molecule has 2 rings (SSSR count). The average molecular weight is 477 g/mol. The van der Waals surface area contributed by atoms with Crippen molar-refractivity contribution in [3.8, 4) is 5.75 Å². The standard InChI is InChI=1S/C21H32O8S2/c1-6-21(13-16(4)7-12-19(21)15(2)3)26-20(22)17-8-10-18(11-9-17)27-31(23,24)14-30-29-28-25-5/h8-11,15-16,19H,6-7,12-14H2,1-5H3. The maximum absolute atomic E-state index is 12.9. The first-order valence-corrected chi connectivity index (χ1v) is 12.9. The Balaban J connectivity index is 2.05. The monoisotopic (exact) mass is 476 g/mol. The van der Waals surface area contributed by atoms with Crippen LogP contribution in [0.1, 0.15) is 63.7 Å². The largest absolute Gasteiger partial charge is 0.455 e. The molecule has 3 unspecified atom stereocenters. The van der Waals surface area contributed by atoms with E-state index in [2.05, 4.69) is 42.0 Å². The first-order chi connectivity index (χ1) is 14.6. The van der Waals surface area contributed by atoms with Crippen molar-refractivity contribution in [3.63, 3.8) is 0 Å². The summed E-state index contributed by atoms with van der Waals surface area (Å²) in [4.78, 5) is 17.1. The fraction of sp³-hybridized carbons (Fsp3) is 0.667. The minimum Gasteiger partial charge on any atom is -0.455 e. The Morgan fingerprint density at radius 3 is 2.48 bits per heavy atom. The summed E-state index contributed by atoms with van der Waals surface area (Å²) in [6.45, 7) is 8.63. The Hall–Kier alpha value is -1.33. The number of carbonyl (C=O) groups excluding carboxylic acids is 1. The summed E-state index contributed by atoms with van der Waals surface area (Å²) in [6.07, 6.45) is 3.80. The van der Waals surface area contributed by atoms with Crippen molar-refractivity contribution in [1.29, 1.82) is 0 Å². The van der Waals surface area contributed by atoms with Gasteiger partial charge in [-0.1, -0.05) is 39.2 Å². The van der Waals surface area contributed by atoms with Gasteiger partial charge in [-0.15, -0.1) is 4.33 Å². The Morgan fingerprint density at radius 1 is 1.23 bits per heavy atom. The molecule has 0 amide bonds.